The van der Waals surface area contributed by atoms with E-state index >= 15 is 0 Å². The van der Waals surface area contributed by atoms with Gasteiger partial charge in [-0.3, -0.25) is 0 Å². The number of unbranched alkanes of at least 4 members (excludes halogenated alkanes) is 2. The molecule has 0 aliphatic carbocycles. The molecular weight excluding hydrogens is 408 g/mol. The monoisotopic (exact) mass is 446 g/mol. The molecule has 30 heavy (non-hydrogen) atoms. The van der Waals surface area contributed by atoms with Gasteiger partial charge in [-0.15, -0.1) is 0 Å². The Balaban J connectivity index is 1.75. The van der Waals surface area contributed by atoms with Gasteiger partial charge < -0.3 is 21.3 Å². The fourth-order valence-corrected chi connectivity index (χ4v) is 5.20. The van der Waals surface area contributed by atoms with Crippen molar-refractivity contribution >= 4 is 44.3 Å². The maximum absolute atomic E-state index is 5.85. The summed E-state index contributed by atoms with van der Waals surface area (Å²) in [5, 5.41) is 0. The van der Waals surface area contributed by atoms with Crippen molar-refractivity contribution in [2.24, 2.45) is 0 Å². The minimum Gasteiger partial charge on any atom is -0.399 e. The van der Waals surface area contributed by atoms with Gasteiger partial charge in [-0.25, -0.2) is 0 Å². The van der Waals surface area contributed by atoms with Crippen LogP contribution in [0.1, 0.15) is 39.5 Å². The van der Waals surface area contributed by atoms with Gasteiger partial charge >= 0.3 is 0 Å². The first kappa shape index (κ1) is 24.6. The molecule has 4 N–H and O–H groups in total. The summed E-state index contributed by atoms with van der Waals surface area (Å²) in [7, 11) is 3.96. The highest BCUT2D eigenvalue weighted by Gasteiger charge is 2.08. The standard InChI is InChI=1S/C24H38N4S2/c1-3-5-15-27(23-11-7-21(25)8-12-23)17-19-29-30-20-18-28(16-6-4-2)24-13-9-22(26)10-14-24/h7-14H,3-6,15-20,25-26H2,1-2H3. The minimum atomic E-state index is 0.827. The van der Waals surface area contributed by atoms with Crippen molar-refractivity contribution in [3.05, 3.63) is 48.5 Å². The van der Waals surface area contributed by atoms with Gasteiger partial charge in [0.15, 0.2) is 0 Å². The van der Waals surface area contributed by atoms with Crippen molar-refractivity contribution in [1.29, 1.82) is 0 Å². The molecule has 0 saturated carbocycles. The molecule has 0 radical (unpaired) electrons. The summed E-state index contributed by atoms with van der Waals surface area (Å²) in [5.74, 6) is 2.24. The Morgan fingerprint density at radius 3 is 1.30 bits per heavy atom. The summed E-state index contributed by atoms with van der Waals surface area (Å²) in [6.07, 6.45) is 4.87. The Hall–Kier alpha value is -1.66. The largest absolute Gasteiger partial charge is 0.399 e. The van der Waals surface area contributed by atoms with Gasteiger partial charge in [-0.05, 0) is 61.4 Å². The van der Waals surface area contributed by atoms with Crippen LogP contribution in [0, 0.1) is 0 Å². The zero-order valence-corrected chi connectivity index (χ0v) is 20.2. The van der Waals surface area contributed by atoms with E-state index in [0.29, 0.717) is 0 Å². The Morgan fingerprint density at radius 1 is 0.600 bits per heavy atom. The quantitative estimate of drug-likeness (QED) is 0.194. The molecule has 6 heteroatoms. The molecule has 0 unspecified atom stereocenters. The fraction of sp³-hybridized carbons (Fsp3) is 0.500. The van der Waals surface area contributed by atoms with E-state index < -0.39 is 0 Å². The highest BCUT2D eigenvalue weighted by Crippen LogP contribution is 2.25. The van der Waals surface area contributed by atoms with Crippen LogP contribution in [0.15, 0.2) is 48.5 Å². The molecular formula is C24H38N4S2. The Morgan fingerprint density at radius 2 is 0.967 bits per heavy atom. The number of benzene rings is 2. The lowest BCUT2D eigenvalue weighted by atomic mass is 10.2. The van der Waals surface area contributed by atoms with Crippen molar-refractivity contribution in [3.63, 3.8) is 0 Å². The molecule has 0 bridgehead atoms. The predicted molar refractivity (Wildman–Crippen MR) is 141 cm³/mol. The van der Waals surface area contributed by atoms with Crippen LogP contribution in [-0.4, -0.2) is 37.7 Å². The molecule has 0 aliphatic heterocycles. The number of nitrogens with two attached hydrogens (primary N) is 2. The van der Waals surface area contributed by atoms with E-state index in [-0.39, 0.29) is 0 Å². The van der Waals surface area contributed by atoms with Gasteiger partial charge in [-0.1, -0.05) is 48.3 Å². The predicted octanol–water partition coefficient (Wildman–Crippen LogP) is 6.15. The summed E-state index contributed by atoms with van der Waals surface area (Å²) in [6.45, 7) is 8.84. The molecule has 2 aromatic rings. The number of hydrogen-bond donors (Lipinski definition) is 2. The molecule has 0 saturated heterocycles. The highest BCUT2D eigenvalue weighted by atomic mass is 33.1. The van der Waals surface area contributed by atoms with Crippen molar-refractivity contribution < 1.29 is 0 Å². The smallest absolute Gasteiger partial charge is 0.0367 e. The molecule has 0 aliphatic rings. The first-order valence-corrected chi connectivity index (χ1v) is 13.6. The van der Waals surface area contributed by atoms with Gasteiger partial charge in [0.1, 0.15) is 0 Å². The molecule has 2 rings (SSSR count). The average molecular weight is 447 g/mol. The normalized spacial score (nSPS) is 10.9. The molecule has 0 atom stereocenters. The van der Waals surface area contributed by atoms with Crippen molar-refractivity contribution in [2.45, 2.75) is 39.5 Å². The van der Waals surface area contributed by atoms with Crippen molar-refractivity contribution in [3.8, 4) is 0 Å². The van der Waals surface area contributed by atoms with Gasteiger partial charge in [0, 0.05) is 60.4 Å². The van der Waals surface area contributed by atoms with Crippen molar-refractivity contribution in [1.82, 2.24) is 0 Å². The van der Waals surface area contributed by atoms with E-state index in [1.54, 1.807) is 0 Å². The minimum absolute atomic E-state index is 0.827. The summed E-state index contributed by atoms with van der Waals surface area (Å²) < 4.78 is 0. The molecule has 0 amide bonds. The third kappa shape index (κ3) is 9.00. The summed E-state index contributed by atoms with van der Waals surface area (Å²) in [5.41, 5.74) is 15.9. The topological polar surface area (TPSA) is 58.5 Å². The van der Waals surface area contributed by atoms with Crippen LogP contribution in [0.4, 0.5) is 22.7 Å². The number of nitrogen functional groups attached to an aromatic ring is 2. The number of hydrogen-bond acceptors (Lipinski definition) is 6. The summed E-state index contributed by atoms with van der Waals surface area (Å²) >= 11 is 0. The van der Waals surface area contributed by atoms with E-state index in [0.717, 1.165) is 49.1 Å². The Labute approximate surface area is 191 Å². The molecule has 0 spiro atoms. The maximum atomic E-state index is 5.85. The Kier molecular flexibility index (Phi) is 11.8. The van der Waals surface area contributed by atoms with Crippen LogP contribution in [-0.2, 0) is 0 Å². The van der Waals surface area contributed by atoms with Crippen LogP contribution in [0.25, 0.3) is 0 Å². The zero-order chi connectivity index (χ0) is 21.6. The summed E-state index contributed by atoms with van der Waals surface area (Å²) in [6, 6.07) is 16.6. The Bertz CT molecular complexity index is 630. The van der Waals surface area contributed by atoms with Crippen molar-refractivity contribution in [2.75, 3.05) is 59.0 Å². The SMILES string of the molecule is CCCCN(CCSSCCN(CCCC)c1ccc(N)cc1)c1ccc(N)cc1. The zero-order valence-electron chi connectivity index (χ0n) is 18.6. The molecule has 0 aromatic heterocycles. The number of anilines is 4. The molecule has 2 aromatic carbocycles. The van der Waals surface area contributed by atoms with Gasteiger partial charge in [0.2, 0.25) is 0 Å². The van der Waals surface area contributed by atoms with Crippen LogP contribution in [0.2, 0.25) is 0 Å². The van der Waals surface area contributed by atoms with E-state index in [9.17, 15) is 0 Å². The van der Waals surface area contributed by atoms with Gasteiger partial charge in [0.05, 0.1) is 0 Å². The van der Waals surface area contributed by atoms with E-state index in [2.05, 4.69) is 47.9 Å². The number of nitrogens with zero attached hydrogens (tertiary/aromatic N) is 2. The third-order valence-electron chi connectivity index (χ3n) is 5.05. The number of rotatable bonds is 15. The van der Waals surface area contributed by atoms with E-state index in [1.165, 1.54) is 37.1 Å². The lowest BCUT2D eigenvalue weighted by Gasteiger charge is -2.25. The summed E-state index contributed by atoms with van der Waals surface area (Å²) in [4.78, 5) is 4.97. The molecule has 4 nitrogen and oxygen atoms in total. The van der Waals surface area contributed by atoms with Crippen LogP contribution in [0.3, 0.4) is 0 Å². The second-order valence-electron chi connectivity index (χ2n) is 7.51. The van der Waals surface area contributed by atoms with Crippen LogP contribution in [0.5, 0.6) is 0 Å². The molecule has 0 fully saturated rings. The lowest BCUT2D eigenvalue weighted by Crippen LogP contribution is -2.27. The lowest BCUT2D eigenvalue weighted by molar-refractivity contribution is 0.734. The van der Waals surface area contributed by atoms with E-state index in [4.69, 9.17) is 11.5 Å². The average Bonchev–Trinajstić information content (AvgIpc) is 2.76. The first-order chi connectivity index (χ1) is 14.6. The van der Waals surface area contributed by atoms with Crippen LogP contribution < -0.4 is 21.3 Å². The highest BCUT2D eigenvalue weighted by molar-refractivity contribution is 8.76. The second kappa shape index (κ2) is 14.4. The van der Waals surface area contributed by atoms with E-state index in [1.807, 2.05) is 45.9 Å². The maximum Gasteiger partial charge on any atom is 0.0367 e. The first-order valence-electron chi connectivity index (χ1n) is 11.1. The van der Waals surface area contributed by atoms with Gasteiger partial charge in [-0.2, -0.15) is 0 Å². The fourth-order valence-electron chi connectivity index (χ4n) is 3.22. The second-order valence-corrected chi connectivity index (χ2v) is 10.2. The van der Waals surface area contributed by atoms with Crippen LogP contribution >= 0.6 is 21.6 Å². The molecule has 166 valence electrons. The third-order valence-corrected chi connectivity index (χ3v) is 7.42. The molecule has 0 heterocycles. The van der Waals surface area contributed by atoms with Gasteiger partial charge in [0.25, 0.3) is 0 Å².